The third-order valence-corrected chi connectivity index (χ3v) is 5.22. The van der Waals surface area contributed by atoms with Crippen molar-refractivity contribution in [3.05, 3.63) is 92.7 Å². The molecule has 0 heterocycles. The van der Waals surface area contributed by atoms with Crippen LogP contribution >= 0.6 is 27.5 Å². The molecule has 33 heavy (non-hydrogen) atoms. The lowest BCUT2D eigenvalue weighted by Crippen LogP contribution is -2.13. The zero-order valence-corrected chi connectivity index (χ0v) is 19.9. The van der Waals surface area contributed by atoms with Crippen molar-refractivity contribution in [2.75, 3.05) is 11.9 Å². The Hall–Kier alpha value is -3.34. The molecular formula is C25H19BrClFN2O3. The maximum absolute atomic E-state index is 13.1. The Kier molecular flexibility index (Phi) is 8.47. The van der Waals surface area contributed by atoms with Crippen molar-refractivity contribution < 1.29 is 18.7 Å². The monoisotopic (exact) mass is 528 g/mol. The highest BCUT2D eigenvalue weighted by Gasteiger charge is 2.15. The van der Waals surface area contributed by atoms with E-state index in [1.807, 2.05) is 13.0 Å². The van der Waals surface area contributed by atoms with E-state index in [1.165, 1.54) is 18.2 Å². The van der Waals surface area contributed by atoms with Crippen LogP contribution < -0.4 is 14.8 Å². The number of nitrogens with one attached hydrogen (secondary N) is 1. The van der Waals surface area contributed by atoms with Gasteiger partial charge in [0.25, 0.3) is 5.91 Å². The molecule has 0 saturated heterocycles. The average molecular weight is 530 g/mol. The number of nitrogens with zero attached hydrogens (tertiary/aromatic N) is 1. The summed E-state index contributed by atoms with van der Waals surface area (Å²) in [6, 6.07) is 18.1. The first-order valence-corrected chi connectivity index (χ1v) is 11.1. The van der Waals surface area contributed by atoms with Crippen LogP contribution in [-0.4, -0.2) is 12.5 Å². The Labute approximate surface area is 204 Å². The molecule has 0 fully saturated rings. The summed E-state index contributed by atoms with van der Waals surface area (Å²) >= 11 is 9.76. The minimum atomic E-state index is -0.550. The van der Waals surface area contributed by atoms with Gasteiger partial charge in [0.15, 0.2) is 11.5 Å². The maximum atomic E-state index is 13.1. The fourth-order valence-electron chi connectivity index (χ4n) is 2.86. The van der Waals surface area contributed by atoms with Crippen LogP contribution in [0.15, 0.2) is 70.7 Å². The van der Waals surface area contributed by atoms with Crippen LogP contribution in [0.3, 0.4) is 0 Å². The molecule has 0 spiro atoms. The number of hydrogen-bond donors (Lipinski definition) is 1. The highest BCUT2D eigenvalue weighted by molar-refractivity contribution is 9.10. The average Bonchev–Trinajstić information content (AvgIpc) is 2.79. The molecule has 0 saturated carbocycles. The maximum Gasteiger partial charge on any atom is 0.266 e. The van der Waals surface area contributed by atoms with E-state index in [-0.39, 0.29) is 23.0 Å². The Morgan fingerprint density at radius 2 is 1.85 bits per heavy atom. The first-order valence-electron chi connectivity index (χ1n) is 9.92. The van der Waals surface area contributed by atoms with E-state index in [9.17, 15) is 14.4 Å². The Morgan fingerprint density at radius 1 is 1.15 bits per heavy atom. The second-order valence-corrected chi connectivity index (χ2v) is 8.13. The highest BCUT2D eigenvalue weighted by atomic mass is 79.9. The number of anilines is 1. The largest absolute Gasteiger partial charge is 0.490 e. The number of hydrogen-bond acceptors (Lipinski definition) is 4. The van der Waals surface area contributed by atoms with Gasteiger partial charge in [-0.1, -0.05) is 39.7 Å². The number of carbonyl (C=O) groups excluding carboxylic acids is 1. The molecule has 0 aromatic heterocycles. The fraction of sp³-hybridized carbons (Fsp3) is 0.120. The fourth-order valence-corrected chi connectivity index (χ4v) is 3.40. The number of ether oxygens (including phenoxy) is 2. The molecule has 5 nitrogen and oxygen atoms in total. The van der Waals surface area contributed by atoms with Gasteiger partial charge in [-0.2, -0.15) is 5.26 Å². The van der Waals surface area contributed by atoms with Crippen molar-refractivity contribution in [2.24, 2.45) is 0 Å². The van der Waals surface area contributed by atoms with E-state index >= 15 is 0 Å². The molecule has 0 aliphatic rings. The second kappa shape index (κ2) is 11.5. The Bertz CT molecular complexity index is 1210. The van der Waals surface area contributed by atoms with Gasteiger partial charge in [0.1, 0.15) is 24.1 Å². The third kappa shape index (κ3) is 6.82. The molecule has 3 aromatic carbocycles. The summed E-state index contributed by atoms with van der Waals surface area (Å²) in [4.78, 5) is 12.5. The van der Waals surface area contributed by atoms with E-state index in [0.29, 0.717) is 29.4 Å². The van der Waals surface area contributed by atoms with Gasteiger partial charge in [-0.25, -0.2) is 4.39 Å². The molecule has 3 aromatic rings. The summed E-state index contributed by atoms with van der Waals surface area (Å²) in [5.74, 6) is -0.201. The van der Waals surface area contributed by atoms with E-state index in [4.69, 9.17) is 21.1 Å². The molecule has 0 unspecified atom stereocenters. The summed E-state index contributed by atoms with van der Waals surface area (Å²) in [5, 5.41) is 12.4. The number of halogens is 3. The summed E-state index contributed by atoms with van der Waals surface area (Å²) in [5.41, 5.74) is 1.72. The smallest absolute Gasteiger partial charge is 0.266 e. The van der Waals surface area contributed by atoms with E-state index in [1.54, 1.807) is 48.5 Å². The molecule has 0 bridgehead atoms. The molecule has 0 atom stereocenters. The first kappa shape index (κ1) is 24.3. The zero-order valence-electron chi connectivity index (χ0n) is 17.6. The predicted molar refractivity (Wildman–Crippen MR) is 130 cm³/mol. The lowest BCUT2D eigenvalue weighted by Gasteiger charge is -2.15. The van der Waals surface area contributed by atoms with Gasteiger partial charge in [0.05, 0.1) is 11.6 Å². The first-order chi connectivity index (χ1) is 15.9. The van der Waals surface area contributed by atoms with E-state index in [2.05, 4.69) is 21.2 Å². The van der Waals surface area contributed by atoms with Crippen molar-refractivity contribution in [3.63, 3.8) is 0 Å². The van der Waals surface area contributed by atoms with Crippen LogP contribution in [0.2, 0.25) is 5.02 Å². The molecule has 1 amide bonds. The molecule has 8 heteroatoms. The normalized spacial score (nSPS) is 10.9. The van der Waals surface area contributed by atoms with Crippen LogP contribution in [0.5, 0.6) is 11.5 Å². The number of benzene rings is 3. The van der Waals surface area contributed by atoms with Gasteiger partial charge < -0.3 is 14.8 Å². The van der Waals surface area contributed by atoms with E-state index < -0.39 is 5.91 Å². The van der Waals surface area contributed by atoms with Crippen LogP contribution in [-0.2, 0) is 11.4 Å². The summed E-state index contributed by atoms with van der Waals surface area (Å²) in [6.07, 6.45) is 1.42. The molecule has 0 aliphatic heterocycles. The summed E-state index contributed by atoms with van der Waals surface area (Å²) in [6.45, 7) is 2.33. The van der Waals surface area contributed by atoms with E-state index in [0.717, 1.165) is 10.0 Å². The van der Waals surface area contributed by atoms with Gasteiger partial charge >= 0.3 is 0 Å². The Morgan fingerprint density at radius 3 is 2.48 bits per heavy atom. The predicted octanol–water partition coefficient (Wildman–Crippen LogP) is 6.76. The topological polar surface area (TPSA) is 71.3 Å². The van der Waals surface area contributed by atoms with Gasteiger partial charge in [-0.05, 0) is 72.7 Å². The minimum absolute atomic E-state index is 0.101. The van der Waals surface area contributed by atoms with Crippen molar-refractivity contribution in [2.45, 2.75) is 13.5 Å². The van der Waals surface area contributed by atoms with Crippen LogP contribution in [0.1, 0.15) is 18.1 Å². The van der Waals surface area contributed by atoms with Gasteiger partial charge in [0.2, 0.25) is 0 Å². The molecule has 3 rings (SSSR count). The van der Waals surface area contributed by atoms with Gasteiger partial charge in [-0.3, -0.25) is 4.79 Å². The number of nitriles is 1. The Balaban J connectivity index is 1.83. The standard InChI is InChI=1S/C25H19BrClFN2O3/c1-2-32-23-13-17(11-18(14-29)25(31)30-21-9-5-19(26)6-10-21)12-22(27)24(23)33-15-16-3-7-20(28)8-4-16/h3-13H,2,15H2,1H3,(H,30,31)/b18-11+. The van der Waals surface area contributed by atoms with Crippen molar-refractivity contribution in [3.8, 4) is 17.6 Å². The zero-order chi connectivity index (χ0) is 23.8. The third-order valence-electron chi connectivity index (χ3n) is 4.41. The minimum Gasteiger partial charge on any atom is -0.490 e. The lowest BCUT2D eigenvalue weighted by atomic mass is 10.1. The molecule has 168 valence electrons. The van der Waals surface area contributed by atoms with Crippen molar-refractivity contribution in [1.29, 1.82) is 5.26 Å². The number of rotatable bonds is 8. The van der Waals surface area contributed by atoms with Crippen molar-refractivity contribution in [1.82, 2.24) is 0 Å². The summed E-state index contributed by atoms with van der Waals surface area (Å²) < 4.78 is 25.5. The van der Waals surface area contributed by atoms with Gasteiger partial charge in [0, 0.05) is 10.2 Å². The molecule has 0 radical (unpaired) electrons. The van der Waals surface area contributed by atoms with Gasteiger partial charge in [-0.15, -0.1) is 0 Å². The molecular weight excluding hydrogens is 511 g/mol. The number of carbonyl (C=O) groups is 1. The quantitative estimate of drug-likeness (QED) is 0.258. The second-order valence-electron chi connectivity index (χ2n) is 6.81. The summed E-state index contributed by atoms with van der Waals surface area (Å²) in [7, 11) is 0. The SMILES string of the molecule is CCOc1cc(/C=C(\C#N)C(=O)Nc2ccc(Br)cc2)cc(Cl)c1OCc1ccc(F)cc1. The number of amides is 1. The molecule has 0 aliphatic carbocycles. The van der Waals surface area contributed by atoms with Crippen LogP contribution in [0, 0.1) is 17.1 Å². The van der Waals surface area contributed by atoms with Crippen molar-refractivity contribution >= 4 is 45.2 Å². The molecule has 1 N–H and O–H groups in total. The van der Waals surface area contributed by atoms with Crippen LogP contribution in [0.4, 0.5) is 10.1 Å². The highest BCUT2D eigenvalue weighted by Crippen LogP contribution is 2.38. The lowest BCUT2D eigenvalue weighted by molar-refractivity contribution is -0.112. The van der Waals surface area contributed by atoms with Crippen LogP contribution in [0.25, 0.3) is 6.08 Å².